The molecule has 0 saturated carbocycles. The summed E-state index contributed by atoms with van der Waals surface area (Å²) >= 11 is 0. The van der Waals surface area contributed by atoms with Gasteiger partial charge in [-0.25, -0.2) is 0 Å². The first kappa shape index (κ1) is 19.7. The topological polar surface area (TPSA) is 26.3 Å². The number of hydrogen-bond donors (Lipinski definition) is 0. The van der Waals surface area contributed by atoms with Crippen molar-refractivity contribution in [1.82, 2.24) is 0 Å². The number of rotatable bonds is 8. The number of hydrogen-bond acceptors (Lipinski definition) is 2. The predicted octanol–water partition coefficient (Wildman–Crippen LogP) is 5.94. The highest BCUT2D eigenvalue weighted by Gasteiger charge is 2.17. The normalized spacial score (nSPS) is 18.0. The highest BCUT2D eigenvalue weighted by Crippen LogP contribution is 2.27. The molecule has 1 aromatic rings. The number of carbonyl (C=O) groups is 1. The molecule has 2 nitrogen and oxygen atoms in total. The number of ether oxygens (including phenoxy) is 1. The van der Waals surface area contributed by atoms with Crippen LogP contribution in [0.25, 0.3) is 0 Å². The van der Waals surface area contributed by atoms with Crippen molar-refractivity contribution in [3.63, 3.8) is 0 Å². The van der Waals surface area contributed by atoms with Gasteiger partial charge >= 0.3 is 0 Å². The first-order valence-corrected chi connectivity index (χ1v) is 9.72. The second kappa shape index (κ2) is 9.78. The lowest BCUT2D eigenvalue weighted by molar-refractivity contribution is 0.0704. The van der Waals surface area contributed by atoms with Gasteiger partial charge < -0.3 is 4.74 Å². The van der Waals surface area contributed by atoms with Crippen LogP contribution in [0.2, 0.25) is 0 Å². The molecule has 0 aliphatic heterocycles. The molecule has 25 heavy (non-hydrogen) atoms. The maximum Gasteiger partial charge on any atom is 0.162 e. The first-order valence-electron chi connectivity index (χ1n) is 9.72. The van der Waals surface area contributed by atoms with Crippen molar-refractivity contribution in [1.29, 1.82) is 0 Å². The Kier molecular flexibility index (Phi) is 7.72. The van der Waals surface area contributed by atoms with Crippen molar-refractivity contribution in [2.24, 2.45) is 5.41 Å². The standard InChI is InChI=1S/C23H32O2/c1-4-23(2,3)17-16-22(24)20-14-12-19(13-15-20)18-25-21-10-8-6-5-7-9-11-21/h12-15,21H,4-8,10,16-18H2,1-3H3. The van der Waals surface area contributed by atoms with Crippen LogP contribution >= 0.6 is 0 Å². The third-order valence-corrected chi connectivity index (χ3v) is 5.24. The molecule has 0 saturated heterocycles. The van der Waals surface area contributed by atoms with E-state index in [0.717, 1.165) is 36.8 Å². The zero-order chi connectivity index (χ0) is 18.1. The van der Waals surface area contributed by atoms with Crippen molar-refractivity contribution in [3.8, 4) is 11.8 Å². The summed E-state index contributed by atoms with van der Waals surface area (Å²) in [5, 5.41) is 0. The first-order chi connectivity index (χ1) is 12.0. The Labute approximate surface area is 153 Å². The van der Waals surface area contributed by atoms with Gasteiger partial charge in [-0.2, -0.15) is 0 Å². The third-order valence-electron chi connectivity index (χ3n) is 5.24. The maximum absolute atomic E-state index is 12.3. The van der Waals surface area contributed by atoms with E-state index in [2.05, 4.69) is 32.6 Å². The summed E-state index contributed by atoms with van der Waals surface area (Å²) in [7, 11) is 0. The molecule has 0 heterocycles. The highest BCUT2D eigenvalue weighted by atomic mass is 16.5. The lowest BCUT2D eigenvalue weighted by Gasteiger charge is -2.21. The lowest BCUT2D eigenvalue weighted by atomic mass is 9.84. The van der Waals surface area contributed by atoms with Gasteiger partial charge in [0.25, 0.3) is 0 Å². The van der Waals surface area contributed by atoms with E-state index < -0.39 is 0 Å². The third kappa shape index (κ3) is 7.04. The van der Waals surface area contributed by atoms with E-state index in [1.54, 1.807) is 0 Å². The van der Waals surface area contributed by atoms with Gasteiger partial charge in [0.05, 0.1) is 6.61 Å². The van der Waals surface area contributed by atoms with Crippen molar-refractivity contribution in [2.45, 2.75) is 84.8 Å². The van der Waals surface area contributed by atoms with Gasteiger partial charge in [0, 0.05) is 18.4 Å². The largest absolute Gasteiger partial charge is 0.361 e. The Hall–Kier alpha value is -1.59. The number of carbonyl (C=O) groups excluding carboxylic acids is 1. The minimum absolute atomic E-state index is 0.0536. The minimum Gasteiger partial charge on any atom is -0.361 e. The van der Waals surface area contributed by atoms with Crippen LogP contribution in [0.4, 0.5) is 0 Å². The fourth-order valence-corrected chi connectivity index (χ4v) is 2.86. The summed E-state index contributed by atoms with van der Waals surface area (Å²) in [6.07, 6.45) is 8.38. The van der Waals surface area contributed by atoms with Crippen LogP contribution in [0.1, 0.15) is 88.1 Å². The van der Waals surface area contributed by atoms with Gasteiger partial charge in [-0.1, -0.05) is 63.8 Å². The number of Topliss-reactive ketones (excluding diaryl/α,β-unsaturated/α-hetero) is 1. The van der Waals surface area contributed by atoms with Crippen molar-refractivity contribution < 1.29 is 9.53 Å². The van der Waals surface area contributed by atoms with Crippen molar-refractivity contribution >= 4 is 5.78 Å². The molecule has 2 heteroatoms. The monoisotopic (exact) mass is 340 g/mol. The second-order valence-corrected chi connectivity index (χ2v) is 7.86. The zero-order valence-corrected chi connectivity index (χ0v) is 16.1. The summed E-state index contributed by atoms with van der Waals surface area (Å²) in [5.41, 5.74) is 2.15. The summed E-state index contributed by atoms with van der Waals surface area (Å²) < 4.78 is 5.95. The molecule has 1 aromatic carbocycles. The zero-order valence-electron chi connectivity index (χ0n) is 16.1. The molecule has 1 aliphatic rings. The molecule has 0 spiro atoms. The van der Waals surface area contributed by atoms with Gasteiger partial charge in [0.1, 0.15) is 6.10 Å². The average molecular weight is 341 g/mol. The molecule has 2 rings (SSSR count). The van der Waals surface area contributed by atoms with Crippen LogP contribution in [0.3, 0.4) is 0 Å². The Morgan fingerprint density at radius 2 is 1.96 bits per heavy atom. The molecule has 1 unspecified atom stereocenters. The van der Waals surface area contributed by atoms with Gasteiger partial charge in [0.15, 0.2) is 5.78 Å². The smallest absolute Gasteiger partial charge is 0.162 e. The number of ketones is 1. The van der Waals surface area contributed by atoms with Gasteiger partial charge in [0.2, 0.25) is 0 Å². The van der Waals surface area contributed by atoms with Crippen LogP contribution in [-0.4, -0.2) is 11.9 Å². The molecule has 0 bridgehead atoms. The van der Waals surface area contributed by atoms with E-state index in [-0.39, 0.29) is 17.3 Å². The van der Waals surface area contributed by atoms with Crippen LogP contribution in [0.5, 0.6) is 0 Å². The fourth-order valence-electron chi connectivity index (χ4n) is 2.86. The summed E-state index contributed by atoms with van der Waals surface area (Å²) in [6.45, 7) is 7.19. The molecule has 0 N–H and O–H groups in total. The molecule has 1 aliphatic carbocycles. The van der Waals surface area contributed by atoms with Crippen molar-refractivity contribution in [3.05, 3.63) is 35.4 Å². The second-order valence-electron chi connectivity index (χ2n) is 7.86. The maximum atomic E-state index is 12.3. The Morgan fingerprint density at radius 3 is 2.68 bits per heavy atom. The summed E-state index contributed by atoms with van der Waals surface area (Å²) in [5.74, 6) is 6.68. The molecule has 1 atom stereocenters. The predicted molar refractivity (Wildman–Crippen MR) is 104 cm³/mol. The Balaban J connectivity index is 1.83. The highest BCUT2D eigenvalue weighted by molar-refractivity contribution is 5.96. The molecular weight excluding hydrogens is 308 g/mol. The SMILES string of the molecule is CCC(C)(C)CCC(=O)c1ccc(COC2C#CCCCCC2)cc1. The van der Waals surface area contributed by atoms with E-state index in [1.807, 2.05) is 24.3 Å². The molecule has 136 valence electrons. The van der Waals surface area contributed by atoms with Crippen LogP contribution < -0.4 is 0 Å². The van der Waals surface area contributed by atoms with Gasteiger partial charge in [-0.15, -0.1) is 5.92 Å². The van der Waals surface area contributed by atoms with E-state index >= 15 is 0 Å². The van der Waals surface area contributed by atoms with Crippen LogP contribution in [-0.2, 0) is 11.3 Å². The summed E-state index contributed by atoms with van der Waals surface area (Å²) in [4.78, 5) is 12.3. The van der Waals surface area contributed by atoms with E-state index in [4.69, 9.17) is 4.74 Å². The van der Waals surface area contributed by atoms with Gasteiger partial charge in [-0.05, 0) is 36.7 Å². The molecular formula is C23H32O2. The molecule has 0 amide bonds. The minimum atomic E-state index is 0.0536. The molecule has 0 radical (unpaired) electrons. The average Bonchev–Trinajstić information content (AvgIpc) is 2.59. The molecule has 0 fully saturated rings. The molecule has 0 aromatic heterocycles. The van der Waals surface area contributed by atoms with Crippen LogP contribution in [0.15, 0.2) is 24.3 Å². The quantitative estimate of drug-likeness (QED) is 0.432. The van der Waals surface area contributed by atoms with Crippen molar-refractivity contribution in [2.75, 3.05) is 0 Å². The van der Waals surface area contributed by atoms with Gasteiger partial charge in [-0.3, -0.25) is 4.79 Å². The lowest BCUT2D eigenvalue weighted by Crippen LogP contribution is -2.13. The van der Waals surface area contributed by atoms with E-state index in [0.29, 0.717) is 13.0 Å². The number of benzene rings is 1. The Morgan fingerprint density at radius 1 is 1.20 bits per heavy atom. The van der Waals surface area contributed by atoms with E-state index in [1.165, 1.54) is 19.3 Å². The summed E-state index contributed by atoms with van der Waals surface area (Å²) in [6, 6.07) is 7.89. The van der Waals surface area contributed by atoms with Crippen LogP contribution in [0, 0.1) is 17.3 Å². The fraction of sp³-hybridized carbons (Fsp3) is 0.609. The Bertz CT molecular complexity index is 601. The van der Waals surface area contributed by atoms with E-state index in [9.17, 15) is 4.79 Å².